The third-order valence-corrected chi connectivity index (χ3v) is 3.67. The van der Waals surface area contributed by atoms with Gasteiger partial charge in [-0.3, -0.25) is 9.79 Å². The summed E-state index contributed by atoms with van der Waals surface area (Å²) in [7, 11) is 3.53. The first-order valence-electron chi connectivity index (χ1n) is 8.37. The zero-order valence-electron chi connectivity index (χ0n) is 15.3. The number of nitrogens with zero attached hydrogens (tertiary/aromatic N) is 3. The lowest BCUT2D eigenvalue weighted by atomic mass is 10.2. The van der Waals surface area contributed by atoms with Crippen molar-refractivity contribution in [1.29, 1.82) is 0 Å². The standard InChI is InChI=1S/C19H24FN5O/c1-14-6-4-9-17(23-14)24-18(26)10-11-22-19(21-2)25(3)13-15-7-5-8-16(20)12-15/h4-9,12H,10-11,13H2,1-3H3,(H,21,22)(H,23,24,26). The van der Waals surface area contributed by atoms with Crippen LogP contribution < -0.4 is 10.6 Å². The number of guanidine groups is 1. The molecule has 2 N–H and O–H groups in total. The zero-order chi connectivity index (χ0) is 18.9. The molecule has 1 heterocycles. The molecule has 1 amide bonds. The van der Waals surface area contributed by atoms with E-state index in [1.54, 1.807) is 19.2 Å². The van der Waals surface area contributed by atoms with Crippen molar-refractivity contribution in [3.8, 4) is 0 Å². The molecule has 26 heavy (non-hydrogen) atoms. The highest BCUT2D eigenvalue weighted by Gasteiger charge is 2.09. The van der Waals surface area contributed by atoms with Crippen LogP contribution in [0.2, 0.25) is 0 Å². The fourth-order valence-electron chi connectivity index (χ4n) is 2.47. The molecule has 2 aromatic rings. The summed E-state index contributed by atoms with van der Waals surface area (Å²) in [6, 6.07) is 11.9. The second kappa shape index (κ2) is 9.50. The molecule has 7 heteroatoms. The van der Waals surface area contributed by atoms with Gasteiger partial charge in [0, 0.05) is 39.3 Å². The summed E-state index contributed by atoms with van der Waals surface area (Å²) in [4.78, 5) is 22.3. The Morgan fingerprint density at radius 2 is 2.04 bits per heavy atom. The number of carbonyl (C=O) groups excluding carboxylic acids is 1. The number of aliphatic imine (C=N–C) groups is 1. The second-order valence-electron chi connectivity index (χ2n) is 5.92. The van der Waals surface area contributed by atoms with Gasteiger partial charge < -0.3 is 15.5 Å². The van der Waals surface area contributed by atoms with E-state index in [0.717, 1.165) is 11.3 Å². The summed E-state index contributed by atoms with van der Waals surface area (Å²) in [6.07, 6.45) is 0.280. The van der Waals surface area contributed by atoms with Gasteiger partial charge in [-0.25, -0.2) is 9.37 Å². The Kier molecular flexibility index (Phi) is 7.08. The smallest absolute Gasteiger partial charge is 0.227 e. The summed E-state index contributed by atoms with van der Waals surface area (Å²) < 4.78 is 13.3. The Labute approximate surface area is 153 Å². The number of rotatable bonds is 6. The topological polar surface area (TPSA) is 69.6 Å². The lowest BCUT2D eigenvalue weighted by Gasteiger charge is -2.22. The van der Waals surface area contributed by atoms with Crippen LogP contribution in [0.25, 0.3) is 0 Å². The van der Waals surface area contributed by atoms with Gasteiger partial charge in [-0.15, -0.1) is 0 Å². The summed E-state index contributed by atoms with van der Waals surface area (Å²) in [6.45, 7) is 2.81. The van der Waals surface area contributed by atoms with Crippen LogP contribution >= 0.6 is 0 Å². The van der Waals surface area contributed by atoms with Crippen molar-refractivity contribution in [2.75, 3.05) is 26.0 Å². The first-order valence-corrected chi connectivity index (χ1v) is 8.37. The lowest BCUT2D eigenvalue weighted by Crippen LogP contribution is -2.39. The number of nitrogens with one attached hydrogen (secondary N) is 2. The van der Waals surface area contributed by atoms with E-state index in [9.17, 15) is 9.18 Å². The van der Waals surface area contributed by atoms with Crippen molar-refractivity contribution in [2.24, 2.45) is 4.99 Å². The number of hydrogen-bond acceptors (Lipinski definition) is 3. The molecule has 0 unspecified atom stereocenters. The van der Waals surface area contributed by atoms with Crippen molar-refractivity contribution in [2.45, 2.75) is 19.9 Å². The van der Waals surface area contributed by atoms with Crippen molar-refractivity contribution < 1.29 is 9.18 Å². The number of anilines is 1. The Morgan fingerprint density at radius 3 is 2.73 bits per heavy atom. The number of pyridine rings is 1. The molecule has 0 aliphatic rings. The first kappa shape index (κ1) is 19.4. The highest BCUT2D eigenvalue weighted by molar-refractivity contribution is 5.90. The van der Waals surface area contributed by atoms with Crippen molar-refractivity contribution in [1.82, 2.24) is 15.2 Å². The summed E-state index contributed by atoms with van der Waals surface area (Å²) in [5.74, 6) is 0.789. The Hall–Kier alpha value is -2.96. The van der Waals surface area contributed by atoms with Crippen molar-refractivity contribution >= 4 is 17.7 Å². The third kappa shape index (κ3) is 6.16. The van der Waals surface area contributed by atoms with E-state index in [4.69, 9.17) is 0 Å². The van der Waals surface area contributed by atoms with Crippen LogP contribution in [0.1, 0.15) is 17.7 Å². The first-order chi connectivity index (χ1) is 12.5. The van der Waals surface area contributed by atoms with Crippen LogP contribution in [0.4, 0.5) is 10.2 Å². The molecular formula is C19H24FN5O. The Morgan fingerprint density at radius 1 is 1.27 bits per heavy atom. The van der Waals surface area contributed by atoms with Crippen LogP contribution in [-0.4, -0.2) is 42.4 Å². The third-order valence-electron chi connectivity index (χ3n) is 3.67. The van der Waals surface area contributed by atoms with Crippen molar-refractivity contribution in [3.05, 3.63) is 59.5 Å². The Balaban J connectivity index is 1.80. The van der Waals surface area contributed by atoms with Crippen LogP contribution in [0.5, 0.6) is 0 Å². The van der Waals surface area contributed by atoms with Gasteiger partial charge in [-0.2, -0.15) is 0 Å². The molecule has 0 fully saturated rings. The molecule has 0 radical (unpaired) electrons. The number of aryl methyl sites for hydroxylation is 1. The number of carbonyl (C=O) groups is 1. The number of amides is 1. The lowest BCUT2D eigenvalue weighted by molar-refractivity contribution is -0.116. The molecule has 0 saturated carbocycles. The van der Waals surface area contributed by atoms with Gasteiger partial charge in [-0.1, -0.05) is 18.2 Å². The molecule has 1 aromatic heterocycles. The van der Waals surface area contributed by atoms with E-state index in [0.29, 0.717) is 24.9 Å². The average molecular weight is 357 g/mol. The number of halogens is 1. The maximum atomic E-state index is 13.3. The molecule has 0 aliphatic carbocycles. The monoisotopic (exact) mass is 357 g/mol. The summed E-state index contributed by atoms with van der Waals surface area (Å²) >= 11 is 0. The molecule has 0 spiro atoms. The molecule has 0 bridgehead atoms. The van der Waals surface area contributed by atoms with Gasteiger partial charge in [0.1, 0.15) is 11.6 Å². The molecule has 0 saturated heterocycles. The second-order valence-corrected chi connectivity index (χ2v) is 5.92. The molecule has 0 atom stereocenters. The van der Waals surface area contributed by atoms with Gasteiger partial charge in [0.25, 0.3) is 0 Å². The number of aromatic nitrogens is 1. The fraction of sp³-hybridized carbons (Fsp3) is 0.316. The SMILES string of the molecule is CN=C(NCCC(=O)Nc1cccc(C)n1)N(C)Cc1cccc(F)c1. The predicted molar refractivity (Wildman–Crippen MR) is 101 cm³/mol. The van der Waals surface area contributed by atoms with E-state index in [1.807, 2.05) is 37.1 Å². The van der Waals surface area contributed by atoms with Gasteiger partial charge in [-0.05, 0) is 36.8 Å². The van der Waals surface area contributed by atoms with E-state index < -0.39 is 0 Å². The maximum Gasteiger partial charge on any atom is 0.227 e. The van der Waals surface area contributed by atoms with Gasteiger partial charge in [0.2, 0.25) is 5.91 Å². The van der Waals surface area contributed by atoms with Crippen LogP contribution in [-0.2, 0) is 11.3 Å². The van der Waals surface area contributed by atoms with Crippen LogP contribution in [0.15, 0.2) is 47.5 Å². The van der Waals surface area contributed by atoms with Gasteiger partial charge in [0.15, 0.2) is 5.96 Å². The van der Waals surface area contributed by atoms with Crippen LogP contribution in [0, 0.1) is 12.7 Å². The highest BCUT2D eigenvalue weighted by Crippen LogP contribution is 2.07. The largest absolute Gasteiger partial charge is 0.356 e. The highest BCUT2D eigenvalue weighted by atomic mass is 19.1. The molecular weight excluding hydrogens is 333 g/mol. The van der Waals surface area contributed by atoms with Gasteiger partial charge in [0.05, 0.1) is 0 Å². The van der Waals surface area contributed by atoms with Crippen LogP contribution in [0.3, 0.4) is 0 Å². The van der Waals surface area contributed by atoms with E-state index in [-0.39, 0.29) is 18.1 Å². The molecule has 6 nitrogen and oxygen atoms in total. The molecule has 2 rings (SSSR count). The minimum atomic E-state index is -0.264. The Bertz CT molecular complexity index is 778. The van der Waals surface area contributed by atoms with Crippen molar-refractivity contribution in [3.63, 3.8) is 0 Å². The molecule has 1 aromatic carbocycles. The molecule has 0 aliphatic heterocycles. The quantitative estimate of drug-likeness (QED) is 0.616. The number of hydrogen-bond donors (Lipinski definition) is 2. The minimum Gasteiger partial charge on any atom is -0.356 e. The van der Waals surface area contributed by atoms with Gasteiger partial charge >= 0.3 is 0 Å². The fourth-order valence-corrected chi connectivity index (χ4v) is 2.47. The summed E-state index contributed by atoms with van der Waals surface area (Å²) in [5, 5.41) is 5.90. The molecule has 138 valence electrons. The predicted octanol–water partition coefficient (Wildman–Crippen LogP) is 2.57. The number of benzene rings is 1. The van der Waals surface area contributed by atoms with E-state index in [2.05, 4.69) is 20.6 Å². The average Bonchev–Trinajstić information content (AvgIpc) is 2.58. The zero-order valence-corrected chi connectivity index (χ0v) is 15.3. The minimum absolute atomic E-state index is 0.126. The normalized spacial score (nSPS) is 11.2. The maximum absolute atomic E-state index is 13.3. The van der Waals surface area contributed by atoms with E-state index >= 15 is 0 Å². The van der Waals surface area contributed by atoms with E-state index in [1.165, 1.54) is 12.1 Å². The summed E-state index contributed by atoms with van der Waals surface area (Å²) in [5.41, 5.74) is 1.69.